The Hall–Kier alpha value is -6.42. The molecule has 20 nitrogen and oxygen atoms in total. The van der Waals surface area contributed by atoms with Gasteiger partial charge < -0.3 is 65.5 Å². The smallest absolute Gasteiger partial charge is 0.251 e. The summed E-state index contributed by atoms with van der Waals surface area (Å²) in [6.45, 7) is 12.1. The van der Waals surface area contributed by atoms with Crippen LogP contribution in [0.3, 0.4) is 0 Å². The van der Waals surface area contributed by atoms with Gasteiger partial charge in [0.2, 0.25) is 23.6 Å². The summed E-state index contributed by atoms with van der Waals surface area (Å²) in [6, 6.07) is 20.1. The number of piperazine rings is 1. The Kier molecular flexibility index (Phi) is 23.2. The van der Waals surface area contributed by atoms with E-state index in [4.69, 9.17) is 25.8 Å². The topological polar surface area (TPSA) is 232 Å². The van der Waals surface area contributed by atoms with E-state index in [1.165, 1.54) is 6.33 Å². The first-order chi connectivity index (χ1) is 41.4. The van der Waals surface area contributed by atoms with Gasteiger partial charge in [0, 0.05) is 119 Å². The van der Waals surface area contributed by atoms with Crippen LogP contribution >= 0.6 is 11.6 Å². The van der Waals surface area contributed by atoms with E-state index in [0.717, 1.165) is 78.8 Å². The number of benzene rings is 3. The van der Waals surface area contributed by atoms with E-state index in [9.17, 15) is 29.1 Å². The summed E-state index contributed by atoms with van der Waals surface area (Å²) in [5, 5.41) is 27.2. The number of anilines is 1. The number of fused-ring (bicyclic) bond motifs is 1. The second-order valence-electron chi connectivity index (χ2n) is 23.4. The monoisotopic (exact) mass is 1190 g/mol. The summed E-state index contributed by atoms with van der Waals surface area (Å²) in [7, 11) is 1.62. The molecule has 9 rings (SSSR count). The summed E-state index contributed by atoms with van der Waals surface area (Å²) >= 11 is 6.23. The first-order valence-electron chi connectivity index (χ1n) is 31.0. The Bertz CT molecular complexity index is 2860. The lowest BCUT2D eigenvalue weighted by molar-refractivity contribution is -0.137. The summed E-state index contributed by atoms with van der Waals surface area (Å²) < 4.78 is 17.4. The maximum absolute atomic E-state index is 14.4. The van der Waals surface area contributed by atoms with E-state index in [1.54, 1.807) is 19.2 Å². The molecule has 4 aromatic rings. The molecule has 4 fully saturated rings. The number of aromatic nitrogens is 2. The van der Waals surface area contributed by atoms with E-state index in [-0.39, 0.29) is 66.5 Å². The molecule has 4 heterocycles. The number of likely N-dealkylation sites (tertiary alicyclic amines) is 2. The third-order valence-electron chi connectivity index (χ3n) is 17.6. The molecule has 2 aliphatic carbocycles. The number of nitrogens with zero attached hydrogens (tertiary/aromatic N) is 6. The highest BCUT2D eigenvalue weighted by Crippen LogP contribution is 2.43. The van der Waals surface area contributed by atoms with Gasteiger partial charge in [-0.05, 0) is 105 Å². The Balaban J connectivity index is 0.666. The van der Waals surface area contributed by atoms with Crippen LogP contribution in [0.4, 0.5) is 5.82 Å². The molecule has 460 valence electrons. The van der Waals surface area contributed by atoms with Crippen LogP contribution in [0.1, 0.15) is 140 Å². The van der Waals surface area contributed by atoms with E-state index in [1.807, 2.05) is 76.2 Å². The predicted molar refractivity (Wildman–Crippen MR) is 326 cm³/mol. The van der Waals surface area contributed by atoms with Crippen LogP contribution in [0.5, 0.6) is 11.5 Å². The lowest BCUT2D eigenvalue weighted by Crippen LogP contribution is -2.54. The minimum Gasteiger partial charge on any atom is -0.497 e. The lowest BCUT2D eigenvalue weighted by Gasteiger charge is -2.38. The van der Waals surface area contributed by atoms with Crippen molar-refractivity contribution in [3.63, 3.8) is 0 Å². The van der Waals surface area contributed by atoms with Crippen molar-refractivity contribution in [3.8, 4) is 11.5 Å². The highest BCUT2D eigenvalue weighted by atomic mass is 35.5. The largest absolute Gasteiger partial charge is 0.497 e. The number of aliphatic hydroxyl groups is 1. The SMILES string of the molecule is CCOc1cc(OC)ccc1CNCC(=O)N1CCCC(c2cccc(C(=O)N[C@@H](C(=O)N3CCC(OCCNCC(=O)NCCNC[C@@H](C(=O)N4CCN(c5ncnc6c5[C@H](C)C[C@H]6O)CC4)c4ccc(Cl)cc4)CC3)C3CCCCC3)c2)C1. The third kappa shape index (κ3) is 17.0. The molecule has 5 amide bonds. The molecule has 1 unspecified atom stereocenters. The van der Waals surface area contributed by atoms with Gasteiger partial charge in [-0.1, -0.05) is 68.1 Å². The highest BCUT2D eigenvalue weighted by molar-refractivity contribution is 6.30. The number of ether oxygens (including phenoxy) is 3. The molecule has 85 heavy (non-hydrogen) atoms. The minimum atomic E-state index is -0.619. The Morgan fingerprint density at radius 2 is 1.55 bits per heavy atom. The summed E-state index contributed by atoms with van der Waals surface area (Å²) in [5.74, 6) is 1.77. The number of aliphatic hydroxyl groups excluding tert-OH is 1. The fraction of sp³-hybridized carbons (Fsp3) is 0.578. The molecular formula is C64H88ClN11O9. The molecule has 6 N–H and O–H groups in total. The molecule has 1 aromatic heterocycles. The Morgan fingerprint density at radius 3 is 2.32 bits per heavy atom. The fourth-order valence-electron chi connectivity index (χ4n) is 12.9. The van der Waals surface area contributed by atoms with Crippen molar-refractivity contribution in [1.82, 2.24) is 51.3 Å². The maximum Gasteiger partial charge on any atom is 0.251 e. The number of rotatable bonds is 26. The average Bonchev–Trinajstić information content (AvgIpc) is 3.61. The van der Waals surface area contributed by atoms with E-state index in [0.29, 0.717) is 140 Å². The van der Waals surface area contributed by atoms with Crippen molar-refractivity contribution in [2.75, 3.05) is 117 Å². The predicted octanol–water partition coefficient (Wildman–Crippen LogP) is 5.69. The van der Waals surface area contributed by atoms with Crippen LogP contribution in [-0.2, 0) is 30.5 Å². The summed E-state index contributed by atoms with van der Waals surface area (Å²) in [5.41, 5.74) is 5.05. The van der Waals surface area contributed by atoms with Gasteiger partial charge in [-0.3, -0.25) is 24.0 Å². The van der Waals surface area contributed by atoms with Crippen molar-refractivity contribution < 1.29 is 43.3 Å². The number of nitrogens with one attached hydrogen (secondary N) is 5. The van der Waals surface area contributed by atoms with Gasteiger partial charge in [0.05, 0.1) is 57.2 Å². The highest BCUT2D eigenvalue weighted by Gasteiger charge is 2.38. The molecule has 0 bridgehead atoms. The van der Waals surface area contributed by atoms with Crippen LogP contribution < -0.4 is 41.0 Å². The number of hydrogen-bond acceptors (Lipinski definition) is 15. The zero-order valence-corrected chi connectivity index (χ0v) is 50.6. The van der Waals surface area contributed by atoms with Crippen molar-refractivity contribution in [3.05, 3.63) is 112 Å². The standard InChI is InChI=1S/C64H88ClN11O9/c1-4-84-55-36-52(83-3)20-17-48(55)37-68-40-57(79)76-26-9-14-49(41-76)46-12-8-13-47(35-46)62(80)72-59(45-10-6-5-7-11-45)64(82)74-27-21-51(22-28-74)85-33-25-67-39-56(78)69-24-23-66-38-53(44-15-18-50(65)19-16-44)63(81)75-31-29-73(30-32-75)61-58-43(2)34-54(77)60(58)70-42-71-61/h8,12-13,15-20,35-36,42-43,45,49,51,53-54,59,66-68,77H,4-7,9-11,14,21-34,37-41H2,1-3H3,(H,69,78)(H,72,80)/t43-,49?,53-,54-,59-/m1/s1. The second kappa shape index (κ2) is 31.3. The van der Waals surface area contributed by atoms with Gasteiger partial charge in [-0.2, -0.15) is 0 Å². The lowest BCUT2D eigenvalue weighted by atomic mass is 9.83. The Morgan fingerprint density at radius 1 is 0.776 bits per heavy atom. The van der Waals surface area contributed by atoms with E-state index in [2.05, 4.69) is 48.4 Å². The van der Waals surface area contributed by atoms with Gasteiger partial charge >= 0.3 is 0 Å². The van der Waals surface area contributed by atoms with Crippen LogP contribution in [0.2, 0.25) is 5.02 Å². The van der Waals surface area contributed by atoms with Crippen molar-refractivity contribution in [1.29, 1.82) is 0 Å². The third-order valence-corrected chi connectivity index (χ3v) is 17.9. The number of halogens is 1. The van der Waals surface area contributed by atoms with Crippen LogP contribution in [0.25, 0.3) is 0 Å². The molecule has 1 saturated carbocycles. The van der Waals surface area contributed by atoms with Crippen LogP contribution in [0.15, 0.2) is 73.1 Å². The summed E-state index contributed by atoms with van der Waals surface area (Å²) in [4.78, 5) is 85.8. The number of methoxy groups -OCH3 is 1. The minimum absolute atomic E-state index is 0.0215. The first kappa shape index (κ1) is 63.1. The zero-order valence-electron chi connectivity index (χ0n) is 49.8. The molecule has 5 atom stereocenters. The Labute approximate surface area is 505 Å². The molecule has 0 radical (unpaired) electrons. The quantitative estimate of drug-likeness (QED) is 0.0415. The second-order valence-corrected chi connectivity index (χ2v) is 23.8. The average molecular weight is 1190 g/mol. The first-order valence-corrected chi connectivity index (χ1v) is 31.3. The number of carbonyl (C=O) groups excluding carboxylic acids is 5. The van der Waals surface area contributed by atoms with Crippen molar-refractivity contribution in [2.24, 2.45) is 5.92 Å². The molecule has 5 aliphatic rings. The van der Waals surface area contributed by atoms with Crippen molar-refractivity contribution >= 4 is 47.0 Å². The number of piperidine rings is 2. The van der Waals surface area contributed by atoms with Gasteiger partial charge in [0.25, 0.3) is 5.91 Å². The van der Waals surface area contributed by atoms with Crippen molar-refractivity contribution in [2.45, 2.75) is 121 Å². The molecule has 21 heteroatoms. The molecule has 3 aromatic carbocycles. The van der Waals surface area contributed by atoms with E-state index >= 15 is 0 Å². The number of amides is 5. The summed E-state index contributed by atoms with van der Waals surface area (Å²) in [6.07, 6.45) is 9.65. The molecule has 3 saturated heterocycles. The van der Waals surface area contributed by atoms with Gasteiger partial charge in [-0.25, -0.2) is 9.97 Å². The van der Waals surface area contributed by atoms with Gasteiger partial charge in [-0.15, -0.1) is 0 Å². The molecule has 0 spiro atoms. The molecular weight excluding hydrogens is 1100 g/mol. The number of hydrogen-bond donors (Lipinski definition) is 6. The van der Waals surface area contributed by atoms with Gasteiger partial charge in [0.1, 0.15) is 29.7 Å². The van der Waals surface area contributed by atoms with Crippen LogP contribution in [0, 0.1) is 5.92 Å². The molecule has 3 aliphatic heterocycles. The fourth-order valence-corrected chi connectivity index (χ4v) is 13.0. The zero-order chi connectivity index (χ0) is 59.7. The van der Waals surface area contributed by atoms with Crippen LogP contribution in [-0.4, -0.2) is 183 Å². The normalized spacial score (nSPS) is 20.1. The maximum atomic E-state index is 14.4. The number of carbonyl (C=O) groups is 5. The van der Waals surface area contributed by atoms with E-state index < -0.39 is 18.1 Å². The van der Waals surface area contributed by atoms with Gasteiger partial charge in [0.15, 0.2) is 0 Å².